The molecule has 0 radical (unpaired) electrons. The maximum Gasteiger partial charge on any atom is 0.255 e. The third-order valence-electron chi connectivity index (χ3n) is 3.89. The zero-order valence-corrected chi connectivity index (χ0v) is 13.3. The maximum absolute atomic E-state index is 12.4. The number of hydrogen-bond donors (Lipinski definition) is 2. The average Bonchev–Trinajstić information content (AvgIpc) is 3.02. The lowest BCUT2D eigenvalue weighted by Crippen LogP contribution is -2.24. The van der Waals surface area contributed by atoms with Gasteiger partial charge in [-0.05, 0) is 30.2 Å². The van der Waals surface area contributed by atoms with Crippen LogP contribution in [0.2, 0.25) is 0 Å². The molecule has 0 fully saturated rings. The lowest BCUT2D eigenvalue weighted by molar-refractivity contribution is 0.0950. The van der Waals surface area contributed by atoms with E-state index in [9.17, 15) is 9.90 Å². The highest BCUT2D eigenvalue weighted by atomic mass is 16.3. The van der Waals surface area contributed by atoms with E-state index >= 15 is 0 Å². The fourth-order valence-corrected chi connectivity index (χ4v) is 2.53. The highest BCUT2D eigenvalue weighted by Crippen LogP contribution is 2.14. The molecule has 6 nitrogen and oxygen atoms in total. The van der Waals surface area contributed by atoms with Gasteiger partial charge >= 0.3 is 0 Å². The minimum Gasteiger partial charge on any atom is -0.392 e. The molecule has 3 aromatic rings. The second-order valence-corrected chi connectivity index (χ2v) is 5.37. The van der Waals surface area contributed by atoms with Crippen LogP contribution in [0, 0.1) is 6.92 Å². The largest absolute Gasteiger partial charge is 0.392 e. The Labute approximate surface area is 139 Å². The summed E-state index contributed by atoms with van der Waals surface area (Å²) in [7, 11) is 0. The van der Waals surface area contributed by atoms with E-state index in [2.05, 4.69) is 15.4 Å². The van der Waals surface area contributed by atoms with Gasteiger partial charge in [-0.15, -0.1) is 0 Å². The van der Waals surface area contributed by atoms with E-state index in [-0.39, 0.29) is 12.5 Å². The van der Waals surface area contributed by atoms with E-state index in [0.29, 0.717) is 12.1 Å². The van der Waals surface area contributed by atoms with Crippen molar-refractivity contribution in [1.82, 2.24) is 20.1 Å². The smallest absolute Gasteiger partial charge is 0.255 e. The number of carbonyl (C=O) groups is 1. The Hall–Kier alpha value is -2.99. The normalized spacial score (nSPS) is 10.6. The van der Waals surface area contributed by atoms with Gasteiger partial charge in [0, 0.05) is 18.9 Å². The molecular weight excluding hydrogens is 304 g/mol. The Morgan fingerprint density at radius 3 is 2.58 bits per heavy atom. The predicted octanol–water partition coefficient (Wildman–Crippen LogP) is 2.00. The van der Waals surface area contributed by atoms with Gasteiger partial charge in [-0.25, -0.2) is 4.68 Å². The van der Waals surface area contributed by atoms with Gasteiger partial charge in [0.1, 0.15) is 0 Å². The second-order valence-electron chi connectivity index (χ2n) is 5.37. The topological polar surface area (TPSA) is 80.0 Å². The summed E-state index contributed by atoms with van der Waals surface area (Å²) < 4.78 is 1.71. The van der Waals surface area contributed by atoms with Crippen LogP contribution >= 0.6 is 0 Å². The number of pyridine rings is 1. The summed E-state index contributed by atoms with van der Waals surface area (Å²) in [5.41, 5.74) is 3.84. The highest BCUT2D eigenvalue weighted by molar-refractivity contribution is 5.95. The molecule has 1 amide bonds. The van der Waals surface area contributed by atoms with Gasteiger partial charge in [0.15, 0.2) is 0 Å². The van der Waals surface area contributed by atoms with Crippen LogP contribution in [-0.4, -0.2) is 25.8 Å². The van der Waals surface area contributed by atoms with Crippen LogP contribution in [0.3, 0.4) is 0 Å². The third kappa shape index (κ3) is 3.18. The quantitative estimate of drug-likeness (QED) is 0.753. The molecule has 0 bridgehead atoms. The first-order valence-corrected chi connectivity index (χ1v) is 7.61. The van der Waals surface area contributed by atoms with E-state index in [1.54, 1.807) is 23.3 Å². The molecule has 24 heavy (non-hydrogen) atoms. The zero-order valence-electron chi connectivity index (χ0n) is 13.3. The Balaban J connectivity index is 1.76. The van der Waals surface area contributed by atoms with Crippen molar-refractivity contribution in [3.8, 4) is 5.69 Å². The first-order chi connectivity index (χ1) is 11.7. The van der Waals surface area contributed by atoms with Crippen LogP contribution in [-0.2, 0) is 13.2 Å². The number of hydrogen-bond acceptors (Lipinski definition) is 4. The van der Waals surface area contributed by atoms with Gasteiger partial charge in [-0.2, -0.15) is 5.10 Å². The standard InChI is InChI=1S/C18H18N4O2/c1-13-17(11-21-22(13)16-6-8-19-9-7-16)18(24)20-10-14-4-2-3-5-15(14)12-23/h2-9,11,23H,10,12H2,1H3,(H,20,24). The molecule has 0 atom stereocenters. The number of nitrogens with zero attached hydrogens (tertiary/aromatic N) is 3. The van der Waals surface area contributed by atoms with Gasteiger partial charge in [0.2, 0.25) is 0 Å². The molecule has 0 spiro atoms. The average molecular weight is 322 g/mol. The molecule has 0 aliphatic heterocycles. The van der Waals surface area contributed by atoms with Crippen LogP contribution in [0.25, 0.3) is 5.69 Å². The van der Waals surface area contributed by atoms with Crippen molar-refractivity contribution in [2.75, 3.05) is 0 Å². The van der Waals surface area contributed by atoms with Crippen molar-refractivity contribution in [2.45, 2.75) is 20.1 Å². The van der Waals surface area contributed by atoms with Crippen LogP contribution in [0.4, 0.5) is 0 Å². The molecule has 0 saturated carbocycles. The number of rotatable bonds is 5. The highest BCUT2D eigenvalue weighted by Gasteiger charge is 2.15. The molecule has 2 N–H and O–H groups in total. The SMILES string of the molecule is Cc1c(C(=O)NCc2ccccc2CO)cnn1-c1ccncc1. The summed E-state index contributed by atoms with van der Waals surface area (Å²) in [4.78, 5) is 16.4. The Kier molecular flexibility index (Phi) is 4.67. The lowest BCUT2D eigenvalue weighted by atomic mass is 10.1. The van der Waals surface area contributed by atoms with Crippen LogP contribution in [0.1, 0.15) is 27.2 Å². The molecule has 6 heteroatoms. The first kappa shape index (κ1) is 15.9. The Morgan fingerprint density at radius 2 is 1.88 bits per heavy atom. The molecule has 2 heterocycles. The van der Waals surface area contributed by atoms with Gasteiger partial charge in [0.05, 0.1) is 29.7 Å². The number of amides is 1. The monoisotopic (exact) mass is 322 g/mol. The maximum atomic E-state index is 12.4. The fourth-order valence-electron chi connectivity index (χ4n) is 2.53. The number of benzene rings is 1. The lowest BCUT2D eigenvalue weighted by Gasteiger charge is -2.09. The van der Waals surface area contributed by atoms with Crippen LogP contribution in [0.5, 0.6) is 0 Å². The number of aliphatic hydroxyl groups is 1. The number of aromatic nitrogens is 3. The van der Waals surface area contributed by atoms with Crippen LogP contribution < -0.4 is 5.32 Å². The summed E-state index contributed by atoms with van der Waals surface area (Å²) in [6, 6.07) is 11.1. The summed E-state index contributed by atoms with van der Waals surface area (Å²) in [5.74, 6) is -0.194. The molecule has 0 aliphatic rings. The molecule has 122 valence electrons. The minimum atomic E-state index is -0.194. The molecule has 0 aliphatic carbocycles. The van der Waals surface area contributed by atoms with Crippen LogP contribution in [0.15, 0.2) is 55.0 Å². The fraction of sp³-hybridized carbons (Fsp3) is 0.167. The molecule has 3 rings (SSSR count). The van der Waals surface area contributed by atoms with E-state index in [4.69, 9.17) is 0 Å². The van der Waals surface area contributed by atoms with Gasteiger partial charge in [0.25, 0.3) is 5.91 Å². The summed E-state index contributed by atoms with van der Waals surface area (Å²) >= 11 is 0. The zero-order chi connectivity index (χ0) is 16.9. The Morgan fingerprint density at radius 1 is 1.17 bits per heavy atom. The number of aliphatic hydroxyl groups excluding tert-OH is 1. The van der Waals surface area contributed by atoms with Crippen molar-refractivity contribution in [2.24, 2.45) is 0 Å². The number of carbonyl (C=O) groups excluding carboxylic acids is 1. The third-order valence-corrected chi connectivity index (χ3v) is 3.89. The summed E-state index contributed by atoms with van der Waals surface area (Å²) in [6.45, 7) is 2.16. The molecule has 1 aromatic carbocycles. The van der Waals surface area contributed by atoms with E-state index in [1.165, 1.54) is 0 Å². The molecule has 0 unspecified atom stereocenters. The van der Waals surface area contributed by atoms with E-state index < -0.39 is 0 Å². The first-order valence-electron chi connectivity index (χ1n) is 7.61. The van der Waals surface area contributed by atoms with Crippen molar-refractivity contribution in [3.05, 3.63) is 77.4 Å². The summed E-state index contributed by atoms with van der Waals surface area (Å²) in [5, 5.41) is 16.5. The second kappa shape index (κ2) is 7.06. The van der Waals surface area contributed by atoms with Crippen molar-refractivity contribution >= 4 is 5.91 Å². The van der Waals surface area contributed by atoms with Crippen molar-refractivity contribution in [3.63, 3.8) is 0 Å². The van der Waals surface area contributed by atoms with Gasteiger partial charge in [-0.3, -0.25) is 9.78 Å². The molecule has 0 saturated heterocycles. The summed E-state index contributed by atoms with van der Waals surface area (Å²) in [6.07, 6.45) is 4.92. The van der Waals surface area contributed by atoms with Gasteiger partial charge < -0.3 is 10.4 Å². The molecular formula is C18H18N4O2. The molecule has 2 aromatic heterocycles. The Bertz CT molecular complexity index is 843. The van der Waals surface area contributed by atoms with Gasteiger partial charge in [-0.1, -0.05) is 24.3 Å². The van der Waals surface area contributed by atoms with E-state index in [1.807, 2.05) is 43.3 Å². The number of nitrogens with one attached hydrogen (secondary N) is 1. The minimum absolute atomic E-state index is 0.0505. The van der Waals surface area contributed by atoms with Crippen molar-refractivity contribution < 1.29 is 9.90 Å². The van der Waals surface area contributed by atoms with E-state index in [0.717, 1.165) is 22.5 Å². The predicted molar refractivity (Wildman–Crippen MR) is 89.6 cm³/mol. The van der Waals surface area contributed by atoms with Crippen molar-refractivity contribution in [1.29, 1.82) is 0 Å².